The molecule has 0 radical (unpaired) electrons. The maximum atomic E-state index is 12.1. The number of carbonyl (C=O) groups is 3. The molecule has 1 atom stereocenters. The number of hydrogen-bond donors (Lipinski definition) is 3. The standard InChI is InChI=1S/C16H16N2O5/c19-14(20)8-7-13(16(22)23)17-15(21)11-3-5-12(6-4-11)18-9-1-2-10-18/h1-6,9-10,13H,7-8H2,(H,17,21)(H,19,20)(H,22,23). The predicted octanol–water partition coefficient (Wildman–Crippen LogP) is 1.53. The van der Waals surface area contributed by atoms with Crippen molar-refractivity contribution >= 4 is 17.8 Å². The summed E-state index contributed by atoms with van der Waals surface area (Å²) in [7, 11) is 0. The Morgan fingerprint density at radius 2 is 1.65 bits per heavy atom. The molecule has 1 amide bonds. The van der Waals surface area contributed by atoms with Gasteiger partial charge >= 0.3 is 11.9 Å². The van der Waals surface area contributed by atoms with Gasteiger partial charge in [-0.1, -0.05) is 0 Å². The number of aromatic nitrogens is 1. The minimum absolute atomic E-state index is 0.169. The van der Waals surface area contributed by atoms with Gasteiger partial charge < -0.3 is 20.1 Å². The van der Waals surface area contributed by atoms with Crippen LogP contribution in [-0.2, 0) is 9.59 Å². The third-order valence-electron chi connectivity index (χ3n) is 3.28. The molecular weight excluding hydrogens is 300 g/mol. The van der Waals surface area contributed by atoms with Gasteiger partial charge in [-0.2, -0.15) is 0 Å². The third kappa shape index (κ3) is 4.44. The van der Waals surface area contributed by atoms with Gasteiger partial charge in [-0.25, -0.2) is 4.79 Å². The Bertz CT molecular complexity index is 692. The van der Waals surface area contributed by atoms with Crippen molar-refractivity contribution in [2.75, 3.05) is 0 Å². The second-order valence-corrected chi connectivity index (χ2v) is 4.93. The van der Waals surface area contributed by atoms with E-state index in [1.54, 1.807) is 24.3 Å². The van der Waals surface area contributed by atoms with E-state index in [0.29, 0.717) is 5.56 Å². The SMILES string of the molecule is O=C(O)CCC(NC(=O)c1ccc(-n2cccc2)cc1)C(=O)O. The second-order valence-electron chi connectivity index (χ2n) is 4.93. The molecule has 7 nitrogen and oxygen atoms in total. The molecule has 0 aliphatic carbocycles. The van der Waals surface area contributed by atoms with Crippen molar-refractivity contribution in [3.05, 3.63) is 54.4 Å². The van der Waals surface area contributed by atoms with Crippen molar-refractivity contribution in [3.63, 3.8) is 0 Å². The summed E-state index contributed by atoms with van der Waals surface area (Å²) in [6, 6.07) is 9.16. The molecule has 1 heterocycles. The van der Waals surface area contributed by atoms with E-state index < -0.39 is 23.9 Å². The molecule has 0 saturated carbocycles. The molecule has 1 aromatic heterocycles. The van der Waals surface area contributed by atoms with E-state index in [1.807, 2.05) is 29.1 Å². The Balaban J connectivity index is 2.04. The zero-order chi connectivity index (χ0) is 16.8. The average molecular weight is 316 g/mol. The number of aliphatic carboxylic acids is 2. The number of benzene rings is 1. The summed E-state index contributed by atoms with van der Waals surface area (Å²) < 4.78 is 1.87. The molecular formula is C16H16N2O5. The predicted molar refractivity (Wildman–Crippen MR) is 81.5 cm³/mol. The number of carboxylic acids is 2. The van der Waals surface area contributed by atoms with Gasteiger partial charge in [-0.3, -0.25) is 9.59 Å². The topological polar surface area (TPSA) is 109 Å². The molecule has 7 heteroatoms. The minimum atomic E-state index is -1.26. The fraction of sp³-hybridized carbons (Fsp3) is 0.188. The molecule has 3 N–H and O–H groups in total. The first-order chi connectivity index (χ1) is 11.0. The van der Waals surface area contributed by atoms with Gasteiger partial charge in [0.2, 0.25) is 0 Å². The van der Waals surface area contributed by atoms with Crippen molar-refractivity contribution < 1.29 is 24.6 Å². The first-order valence-electron chi connectivity index (χ1n) is 6.96. The molecule has 0 spiro atoms. The van der Waals surface area contributed by atoms with Gasteiger partial charge in [0.05, 0.1) is 0 Å². The van der Waals surface area contributed by atoms with E-state index in [2.05, 4.69) is 5.32 Å². The molecule has 0 aliphatic heterocycles. The highest BCUT2D eigenvalue weighted by Gasteiger charge is 2.21. The van der Waals surface area contributed by atoms with Gasteiger partial charge in [0, 0.05) is 30.1 Å². The zero-order valence-corrected chi connectivity index (χ0v) is 12.2. The smallest absolute Gasteiger partial charge is 0.326 e. The highest BCUT2D eigenvalue weighted by molar-refractivity contribution is 5.96. The molecule has 23 heavy (non-hydrogen) atoms. The number of amides is 1. The minimum Gasteiger partial charge on any atom is -0.481 e. The molecule has 2 rings (SSSR count). The van der Waals surface area contributed by atoms with Crippen LogP contribution in [0.5, 0.6) is 0 Å². The van der Waals surface area contributed by atoms with E-state index in [0.717, 1.165) is 5.69 Å². The van der Waals surface area contributed by atoms with E-state index in [-0.39, 0.29) is 12.8 Å². The third-order valence-corrected chi connectivity index (χ3v) is 3.28. The highest BCUT2D eigenvalue weighted by Crippen LogP contribution is 2.10. The number of hydrogen-bond acceptors (Lipinski definition) is 3. The van der Waals surface area contributed by atoms with Gasteiger partial charge in [0.1, 0.15) is 6.04 Å². The average Bonchev–Trinajstić information content (AvgIpc) is 3.05. The number of rotatable bonds is 7. The van der Waals surface area contributed by atoms with Crippen LogP contribution in [0.25, 0.3) is 5.69 Å². The van der Waals surface area contributed by atoms with E-state index in [1.165, 1.54) is 0 Å². The summed E-state index contributed by atoms with van der Waals surface area (Å²) in [5, 5.41) is 20.0. The maximum Gasteiger partial charge on any atom is 0.326 e. The fourth-order valence-electron chi connectivity index (χ4n) is 2.06. The monoisotopic (exact) mass is 316 g/mol. The Hall–Kier alpha value is -3.09. The van der Waals surface area contributed by atoms with Crippen molar-refractivity contribution in [2.24, 2.45) is 0 Å². The lowest BCUT2D eigenvalue weighted by Gasteiger charge is -2.13. The Morgan fingerprint density at radius 3 is 2.17 bits per heavy atom. The van der Waals surface area contributed by atoms with Crippen LogP contribution in [0.2, 0.25) is 0 Å². The van der Waals surface area contributed by atoms with Gasteiger partial charge in [0.25, 0.3) is 5.91 Å². The lowest BCUT2D eigenvalue weighted by Crippen LogP contribution is -2.41. The quantitative estimate of drug-likeness (QED) is 0.717. The van der Waals surface area contributed by atoms with Crippen molar-refractivity contribution in [1.29, 1.82) is 0 Å². The largest absolute Gasteiger partial charge is 0.481 e. The van der Waals surface area contributed by atoms with Crippen LogP contribution >= 0.6 is 0 Å². The molecule has 2 aromatic rings. The lowest BCUT2D eigenvalue weighted by molar-refractivity contribution is -0.140. The van der Waals surface area contributed by atoms with E-state index in [9.17, 15) is 14.4 Å². The van der Waals surface area contributed by atoms with E-state index >= 15 is 0 Å². The Labute approximate surface area is 132 Å². The molecule has 0 bridgehead atoms. The normalized spacial score (nSPS) is 11.7. The fourth-order valence-corrected chi connectivity index (χ4v) is 2.06. The van der Waals surface area contributed by atoms with Crippen LogP contribution in [0.1, 0.15) is 23.2 Å². The molecule has 1 aromatic carbocycles. The summed E-state index contributed by atoms with van der Waals surface area (Å²) in [4.78, 5) is 33.7. The lowest BCUT2D eigenvalue weighted by atomic mass is 10.1. The van der Waals surface area contributed by atoms with Crippen LogP contribution in [0.3, 0.4) is 0 Å². The van der Waals surface area contributed by atoms with Crippen LogP contribution in [0.4, 0.5) is 0 Å². The van der Waals surface area contributed by atoms with Crippen LogP contribution in [0.15, 0.2) is 48.8 Å². The van der Waals surface area contributed by atoms with Crippen molar-refractivity contribution in [3.8, 4) is 5.69 Å². The number of nitrogens with one attached hydrogen (secondary N) is 1. The van der Waals surface area contributed by atoms with Gasteiger partial charge in [-0.05, 0) is 42.8 Å². The molecule has 0 saturated heterocycles. The van der Waals surface area contributed by atoms with Crippen molar-refractivity contribution in [1.82, 2.24) is 9.88 Å². The zero-order valence-electron chi connectivity index (χ0n) is 12.2. The van der Waals surface area contributed by atoms with Gasteiger partial charge in [0.15, 0.2) is 0 Å². The maximum absolute atomic E-state index is 12.1. The van der Waals surface area contributed by atoms with Crippen molar-refractivity contribution in [2.45, 2.75) is 18.9 Å². The highest BCUT2D eigenvalue weighted by atomic mass is 16.4. The van der Waals surface area contributed by atoms with Gasteiger partial charge in [-0.15, -0.1) is 0 Å². The number of carbonyl (C=O) groups excluding carboxylic acids is 1. The Kier molecular flexibility index (Phi) is 5.14. The van der Waals surface area contributed by atoms with E-state index in [4.69, 9.17) is 10.2 Å². The first kappa shape index (κ1) is 16.3. The van der Waals surface area contributed by atoms with Crippen LogP contribution in [0, 0.1) is 0 Å². The summed E-state index contributed by atoms with van der Waals surface area (Å²) in [5.74, 6) is -2.92. The summed E-state index contributed by atoms with van der Waals surface area (Å²) in [6.07, 6.45) is 3.23. The summed E-state index contributed by atoms with van der Waals surface area (Å²) >= 11 is 0. The second kappa shape index (κ2) is 7.26. The van der Waals surface area contributed by atoms with Crippen LogP contribution < -0.4 is 5.32 Å². The van der Waals surface area contributed by atoms with Crippen LogP contribution in [-0.4, -0.2) is 38.7 Å². The summed E-state index contributed by atoms with van der Waals surface area (Å²) in [6.45, 7) is 0. The molecule has 120 valence electrons. The molecule has 0 aliphatic rings. The summed E-state index contributed by atoms with van der Waals surface area (Å²) in [5.41, 5.74) is 1.18. The molecule has 1 unspecified atom stereocenters. The number of nitrogens with zero attached hydrogens (tertiary/aromatic N) is 1. The number of carboxylic acid groups (broad SMARTS) is 2. The first-order valence-corrected chi connectivity index (χ1v) is 6.96. The Morgan fingerprint density at radius 1 is 1.04 bits per heavy atom. The molecule has 0 fully saturated rings.